The molecule has 0 saturated heterocycles. The average Bonchev–Trinajstić information content (AvgIpc) is 2.27. The molecule has 0 aliphatic rings. The van der Waals surface area contributed by atoms with Crippen LogP contribution in [0.2, 0.25) is 0 Å². The molecule has 0 N–H and O–H groups in total. The van der Waals surface area contributed by atoms with Gasteiger partial charge in [0, 0.05) is 5.56 Å². The Balaban J connectivity index is 3.17. The van der Waals surface area contributed by atoms with Crippen LogP contribution in [0, 0.1) is 17.1 Å². The molecule has 0 amide bonds. The SMILES string of the molecule is CC(=N[S+]([O-])C(C)(C)C)c1cccc(C#N)c1F. The van der Waals surface area contributed by atoms with Gasteiger partial charge < -0.3 is 4.55 Å². The molecule has 0 radical (unpaired) electrons. The summed E-state index contributed by atoms with van der Waals surface area (Å²) in [6.45, 7) is 6.97. The molecule has 0 spiro atoms. The Labute approximate surface area is 110 Å². The van der Waals surface area contributed by atoms with Gasteiger partial charge in [-0.05, 0) is 39.8 Å². The van der Waals surface area contributed by atoms with Gasteiger partial charge in [-0.3, -0.25) is 0 Å². The van der Waals surface area contributed by atoms with Crippen LogP contribution in [-0.2, 0) is 11.4 Å². The lowest BCUT2D eigenvalue weighted by atomic mass is 10.1. The maximum absolute atomic E-state index is 13.9. The summed E-state index contributed by atoms with van der Waals surface area (Å²) in [6, 6.07) is 6.27. The molecule has 0 bridgehead atoms. The molecule has 1 aromatic rings. The second-order valence-corrected chi connectivity index (χ2v) is 6.72. The zero-order valence-electron chi connectivity index (χ0n) is 10.8. The van der Waals surface area contributed by atoms with Crippen LogP contribution in [0.15, 0.2) is 22.6 Å². The number of hydrogen-bond acceptors (Lipinski definition) is 3. The normalized spacial score (nSPS) is 14.2. The number of nitriles is 1. The molecule has 1 rings (SSSR count). The standard InChI is InChI=1S/C13H15FN2OS/c1-9(16-18(17)13(2,3)4)11-7-5-6-10(8-15)12(11)14/h5-7H,1-4H3. The lowest BCUT2D eigenvalue weighted by molar-refractivity contribution is 0.561. The van der Waals surface area contributed by atoms with Crippen LogP contribution in [0.25, 0.3) is 0 Å². The topological polar surface area (TPSA) is 59.2 Å². The summed E-state index contributed by atoms with van der Waals surface area (Å²) in [5.41, 5.74) is 0.507. The molecule has 5 heteroatoms. The summed E-state index contributed by atoms with van der Waals surface area (Å²) in [7, 11) is 0. The van der Waals surface area contributed by atoms with Gasteiger partial charge in [-0.2, -0.15) is 5.26 Å². The van der Waals surface area contributed by atoms with Gasteiger partial charge in [-0.1, -0.05) is 10.5 Å². The van der Waals surface area contributed by atoms with E-state index in [0.717, 1.165) is 0 Å². The van der Waals surface area contributed by atoms with E-state index in [9.17, 15) is 8.94 Å². The molecule has 96 valence electrons. The molecular formula is C13H15FN2OS. The quantitative estimate of drug-likeness (QED) is 0.610. The Bertz CT molecular complexity index is 515. The fraction of sp³-hybridized carbons (Fsp3) is 0.385. The predicted molar refractivity (Wildman–Crippen MR) is 71.2 cm³/mol. The van der Waals surface area contributed by atoms with Crippen molar-refractivity contribution in [1.29, 1.82) is 5.26 Å². The van der Waals surface area contributed by atoms with E-state index in [1.165, 1.54) is 12.1 Å². The average molecular weight is 266 g/mol. The Kier molecular flexibility index (Phi) is 4.49. The second-order valence-electron chi connectivity index (χ2n) is 4.82. The summed E-state index contributed by atoms with van der Waals surface area (Å²) in [5, 5.41) is 8.75. The zero-order chi connectivity index (χ0) is 13.9. The first-order valence-electron chi connectivity index (χ1n) is 5.43. The molecule has 0 aliphatic carbocycles. The summed E-state index contributed by atoms with van der Waals surface area (Å²) < 4.78 is 29.2. The fourth-order valence-electron chi connectivity index (χ4n) is 1.21. The van der Waals surface area contributed by atoms with Gasteiger partial charge in [0.2, 0.25) is 0 Å². The van der Waals surface area contributed by atoms with Gasteiger partial charge >= 0.3 is 0 Å². The van der Waals surface area contributed by atoms with Gasteiger partial charge in [0.1, 0.15) is 28.0 Å². The first kappa shape index (κ1) is 14.7. The van der Waals surface area contributed by atoms with E-state index in [1.807, 2.05) is 0 Å². The monoisotopic (exact) mass is 266 g/mol. The molecule has 18 heavy (non-hydrogen) atoms. The lowest BCUT2D eigenvalue weighted by Crippen LogP contribution is -2.26. The van der Waals surface area contributed by atoms with Crippen molar-refractivity contribution < 1.29 is 8.94 Å². The van der Waals surface area contributed by atoms with Crippen LogP contribution in [0.5, 0.6) is 0 Å². The van der Waals surface area contributed by atoms with Crippen LogP contribution in [0.1, 0.15) is 38.8 Å². The summed E-state index contributed by atoms with van der Waals surface area (Å²) >= 11 is -1.45. The number of hydrogen-bond donors (Lipinski definition) is 0. The van der Waals surface area contributed by atoms with Crippen molar-refractivity contribution in [3.63, 3.8) is 0 Å². The van der Waals surface area contributed by atoms with Gasteiger partial charge in [-0.25, -0.2) is 4.39 Å². The summed E-state index contributed by atoms with van der Waals surface area (Å²) in [6.07, 6.45) is 0. The van der Waals surface area contributed by atoms with E-state index < -0.39 is 21.9 Å². The van der Waals surface area contributed by atoms with E-state index in [4.69, 9.17) is 5.26 Å². The first-order valence-corrected chi connectivity index (χ1v) is 6.54. The highest BCUT2D eigenvalue weighted by atomic mass is 32.2. The van der Waals surface area contributed by atoms with Crippen LogP contribution in [0.3, 0.4) is 0 Å². The molecule has 0 aliphatic heterocycles. The first-order chi connectivity index (χ1) is 8.27. The number of rotatable bonds is 2. The largest absolute Gasteiger partial charge is 0.591 e. The van der Waals surface area contributed by atoms with E-state index in [0.29, 0.717) is 5.71 Å². The number of halogens is 1. The summed E-state index contributed by atoms with van der Waals surface area (Å²) in [4.78, 5) is 0. The van der Waals surface area contributed by atoms with E-state index in [-0.39, 0.29) is 11.1 Å². The van der Waals surface area contributed by atoms with Crippen molar-refractivity contribution in [3.8, 4) is 6.07 Å². The molecule has 3 nitrogen and oxygen atoms in total. The van der Waals surface area contributed by atoms with E-state index in [1.54, 1.807) is 39.8 Å². The molecule has 0 saturated carbocycles. The highest BCUT2D eigenvalue weighted by molar-refractivity contribution is 7.91. The minimum atomic E-state index is -1.45. The third-order valence-electron chi connectivity index (χ3n) is 2.25. The van der Waals surface area contributed by atoms with E-state index >= 15 is 0 Å². The van der Waals surface area contributed by atoms with Gasteiger partial charge in [0.25, 0.3) is 0 Å². The lowest BCUT2D eigenvalue weighted by Gasteiger charge is -2.18. The molecule has 0 aromatic heterocycles. The smallest absolute Gasteiger partial charge is 0.150 e. The fourth-order valence-corrected chi connectivity index (χ4v) is 1.83. The van der Waals surface area contributed by atoms with Crippen LogP contribution < -0.4 is 0 Å². The van der Waals surface area contributed by atoms with Crippen LogP contribution in [-0.4, -0.2) is 15.0 Å². The third-order valence-corrected chi connectivity index (χ3v) is 3.74. The van der Waals surface area contributed by atoms with Gasteiger partial charge in [0.15, 0.2) is 0 Å². The van der Waals surface area contributed by atoms with Crippen molar-refractivity contribution in [2.45, 2.75) is 32.4 Å². The minimum Gasteiger partial charge on any atom is -0.591 e. The van der Waals surface area contributed by atoms with Gasteiger partial charge in [0.05, 0.1) is 11.3 Å². The minimum absolute atomic E-state index is 0.0383. The van der Waals surface area contributed by atoms with Crippen LogP contribution in [0.4, 0.5) is 4.39 Å². The Morgan fingerprint density at radius 1 is 1.44 bits per heavy atom. The molecule has 0 fully saturated rings. The second kappa shape index (κ2) is 5.51. The molecular weight excluding hydrogens is 251 g/mol. The van der Waals surface area contributed by atoms with Crippen molar-refractivity contribution in [1.82, 2.24) is 0 Å². The Hall–Kier alpha value is -1.38. The predicted octanol–water partition coefficient (Wildman–Crippen LogP) is 2.97. The third kappa shape index (κ3) is 3.31. The Morgan fingerprint density at radius 2 is 2.06 bits per heavy atom. The maximum Gasteiger partial charge on any atom is 0.150 e. The maximum atomic E-state index is 13.9. The highest BCUT2D eigenvalue weighted by Gasteiger charge is 2.27. The molecule has 1 aromatic carbocycles. The Morgan fingerprint density at radius 3 is 2.56 bits per heavy atom. The van der Waals surface area contributed by atoms with Crippen molar-refractivity contribution in [2.24, 2.45) is 4.40 Å². The van der Waals surface area contributed by atoms with Gasteiger partial charge in [-0.15, -0.1) is 0 Å². The molecule has 1 unspecified atom stereocenters. The van der Waals surface area contributed by atoms with Crippen molar-refractivity contribution >= 4 is 17.1 Å². The van der Waals surface area contributed by atoms with Crippen molar-refractivity contribution in [3.05, 3.63) is 35.1 Å². The zero-order valence-corrected chi connectivity index (χ0v) is 11.6. The van der Waals surface area contributed by atoms with Crippen LogP contribution >= 0.6 is 0 Å². The number of benzene rings is 1. The summed E-state index contributed by atoms with van der Waals surface area (Å²) in [5.74, 6) is -0.618. The van der Waals surface area contributed by atoms with E-state index in [2.05, 4.69) is 4.40 Å². The number of nitrogens with zero attached hydrogens (tertiary/aromatic N) is 2. The highest BCUT2D eigenvalue weighted by Crippen LogP contribution is 2.20. The van der Waals surface area contributed by atoms with Crippen molar-refractivity contribution in [2.75, 3.05) is 0 Å². The molecule has 1 atom stereocenters. The molecule has 0 heterocycles.